The van der Waals surface area contributed by atoms with Gasteiger partial charge in [0, 0.05) is 12.6 Å². The smallest absolute Gasteiger partial charge is 0.310 e. The highest BCUT2D eigenvalue weighted by molar-refractivity contribution is 5.73. The maximum absolute atomic E-state index is 11.2. The van der Waals surface area contributed by atoms with Crippen molar-refractivity contribution in [1.29, 1.82) is 0 Å². The zero-order chi connectivity index (χ0) is 9.14. The molecule has 0 aliphatic carbocycles. The van der Waals surface area contributed by atoms with Crippen LogP contribution in [0.25, 0.3) is 0 Å². The summed E-state index contributed by atoms with van der Waals surface area (Å²) in [5.41, 5.74) is 5.80. The van der Waals surface area contributed by atoms with E-state index in [0.29, 0.717) is 0 Å². The summed E-state index contributed by atoms with van der Waals surface area (Å²) in [5.74, 6) is -0.276. The largest absolute Gasteiger partial charge is 0.469 e. The first-order valence-corrected chi connectivity index (χ1v) is 4.17. The van der Waals surface area contributed by atoms with E-state index in [1.807, 2.05) is 7.05 Å². The van der Waals surface area contributed by atoms with Crippen LogP contribution in [0.5, 0.6) is 0 Å². The van der Waals surface area contributed by atoms with Gasteiger partial charge in [0.1, 0.15) is 0 Å². The van der Waals surface area contributed by atoms with Gasteiger partial charge >= 0.3 is 5.97 Å². The Balaban J connectivity index is 2.50. The van der Waals surface area contributed by atoms with E-state index in [1.54, 1.807) is 0 Å². The van der Waals surface area contributed by atoms with E-state index in [4.69, 9.17) is 5.73 Å². The summed E-state index contributed by atoms with van der Waals surface area (Å²) >= 11 is 0. The lowest BCUT2D eigenvalue weighted by molar-refractivity contribution is -0.147. The lowest BCUT2D eigenvalue weighted by Crippen LogP contribution is -2.49. The molecule has 2 atom stereocenters. The minimum Gasteiger partial charge on any atom is -0.469 e. The summed E-state index contributed by atoms with van der Waals surface area (Å²) in [5, 5.41) is 0. The van der Waals surface area contributed by atoms with Crippen molar-refractivity contribution in [3.63, 3.8) is 0 Å². The van der Waals surface area contributed by atoms with E-state index >= 15 is 0 Å². The van der Waals surface area contributed by atoms with Crippen molar-refractivity contribution in [3.8, 4) is 0 Å². The molecule has 1 heterocycles. The molecule has 2 N–H and O–H groups in total. The lowest BCUT2D eigenvalue weighted by atomic mass is 9.93. The highest BCUT2D eigenvalue weighted by Crippen LogP contribution is 2.16. The zero-order valence-corrected chi connectivity index (χ0v) is 7.62. The number of hydrogen-bond donors (Lipinski definition) is 1. The Kier molecular flexibility index (Phi) is 3.05. The summed E-state index contributed by atoms with van der Waals surface area (Å²) < 4.78 is 4.66. The number of nitrogens with two attached hydrogens (primary N) is 1. The molecule has 4 heteroatoms. The molecular weight excluding hydrogens is 156 g/mol. The first-order chi connectivity index (χ1) is 5.65. The molecule has 1 fully saturated rings. The molecule has 0 aromatic carbocycles. The monoisotopic (exact) mass is 172 g/mol. The zero-order valence-electron chi connectivity index (χ0n) is 7.62. The van der Waals surface area contributed by atoms with Crippen molar-refractivity contribution in [2.24, 2.45) is 11.7 Å². The molecule has 0 aromatic heterocycles. The second-order valence-corrected chi connectivity index (χ2v) is 3.34. The second kappa shape index (κ2) is 3.87. The number of piperidine rings is 1. The molecule has 0 bridgehead atoms. The third kappa shape index (κ3) is 1.95. The first kappa shape index (κ1) is 9.48. The molecule has 0 radical (unpaired) electrons. The Morgan fingerprint density at radius 3 is 2.83 bits per heavy atom. The van der Waals surface area contributed by atoms with Crippen LogP contribution in [0.4, 0.5) is 0 Å². The van der Waals surface area contributed by atoms with E-state index < -0.39 is 0 Å². The minimum atomic E-state index is -0.171. The predicted octanol–water partition coefficient (Wildman–Crippen LogP) is -0.562. The molecule has 0 amide bonds. The number of hydrogen-bond acceptors (Lipinski definition) is 4. The Morgan fingerprint density at radius 2 is 2.33 bits per heavy atom. The quantitative estimate of drug-likeness (QED) is 0.539. The molecule has 0 spiro atoms. The van der Waals surface area contributed by atoms with Gasteiger partial charge in [-0.15, -0.1) is 0 Å². The van der Waals surface area contributed by atoms with Crippen molar-refractivity contribution >= 4 is 5.97 Å². The van der Waals surface area contributed by atoms with E-state index in [-0.39, 0.29) is 17.9 Å². The predicted molar refractivity (Wildman–Crippen MR) is 45.6 cm³/mol. The van der Waals surface area contributed by atoms with Gasteiger partial charge in [-0.3, -0.25) is 4.79 Å². The van der Waals surface area contributed by atoms with Gasteiger partial charge in [-0.25, -0.2) is 0 Å². The average Bonchev–Trinajstić information content (AvgIpc) is 2.03. The summed E-state index contributed by atoms with van der Waals surface area (Å²) in [6.45, 7) is 1.70. The van der Waals surface area contributed by atoms with Gasteiger partial charge in [-0.2, -0.15) is 0 Å². The number of carbonyl (C=O) groups is 1. The molecular formula is C8H16N2O2. The van der Waals surface area contributed by atoms with Crippen LogP contribution < -0.4 is 5.73 Å². The number of carbonyl (C=O) groups excluding carboxylic acids is 1. The van der Waals surface area contributed by atoms with Crippen LogP contribution in [0.3, 0.4) is 0 Å². The number of esters is 1. The van der Waals surface area contributed by atoms with Gasteiger partial charge in [0.15, 0.2) is 0 Å². The average molecular weight is 172 g/mol. The standard InChI is InChI=1S/C8H16N2O2/c1-10-4-3-6(7(9)5-10)8(11)12-2/h6-7H,3-5,9H2,1-2H3/t6-,7-/m0/s1. The Labute approximate surface area is 72.7 Å². The van der Waals surface area contributed by atoms with Crippen molar-refractivity contribution in [3.05, 3.63) is 0 Å². The molecule has 0 unspecified atom stereocenters. The van der Waals surface area contributed by atoms with E-state index in [9.17, 15) is 4.79 Å². The van der Waals surface area contributed by atoms with Crippen LogP contribution in [0, 0.1) is 5.92 Å². The fraction of sp³-hybridized carbons (Fsp3) is 0.875. The summed E-state index contributed by atoms with van der Waals surface area (Å²) in [6, 6.07) is -0.0730. The summed E-state index contributed by atoms with van der Waals surface area (Å²) in [7, 11) is 3.42. The molecule has 0 aromatic rings. The van der Waals surface area contributed by atoms with Crippen LogP contribution in [-0.4, -0.2) is 44.2 Å². The number of likely N-dealkylation sites (N-methyl/N-ethyl adjacent to an activating group) is 1. The first-order valence-electron chi connectivity index (χ1n) is 4.17. The van der Waals surface area contributed by atoms with Crippen LogP contribution in [-0.2, 0) is 9.53 Å². The van der Waals surface area contributed by atoms with Crippen molar-refractivity contribution in [2.75, 3.05) is 27.2 Å². The van der Waals surface area contributed by atoms with Gasteiger partial charge in [0.2, 0.25) is 0 Å². The maximum Gasteiger partial charge on any atom is 0.310 e. The fourth-order valence-electron chi connectivity index (χ4n) is 1.60. The minimum absolute atomic E-state index is 0.0730. The molecule has 4 nitrogen and oxygen atoms in total. The molecule has 12 heavy (non-hydrogen) atoms. The highest BCUT2D eigenvalue weighted by Gasteiger charge is 2.30. The second-order valence-electron chi connectivity index (χ2n) is 3.34. The van der Waals surface area contributed by atoms with Crippen LogP contribution in [0.2, 0.25) is 0 Å². The molecule has 70 valence electrons. The van der Waals surface area contributed by atoms with Gasteiger partial charge in [-0.1, -0.05) is 0 Å². The number of likely N-dealkylation sites (tertiary alicyclic amines) is 1. The molecule has 0 saturated carbocycles. The van der Waals surface area contributed by atoms with Crippen molar-refractivity contribution < 1.29 is 9.53 Å². The lowest BCUT2D eigenvalue weighted by Gasteiger charge is -2.32. The van der Waals surface area contributed by atoms with E-state index in [0.717, 1.165) is 19.5 Å². The van der Waals surface area contributed by atoms with E-state index in [1.165, 1.54) is 7.11 Å². The number of ether oxygens (including phenoxy) is 1. The number of nitrogens with zero attached hydrogens (tertiary/aromatic N) is 1. The molecule has 1 aliphatic heterocycles. The number of methoxy groups -OCH3 is 1. The SMILES string of the molecule is COC(=O)[C@H]1CCN(C)C[C@@H]1N. The highest BCUT2D eigenvalue weighted by atomic mass is 16.5. The van der Waals surface area contributed by atoms with Gasteiger partial charge < -0.3 is 15.4 Å². The fourth-order valence-corrected chi connectivity index (χ4v) is 1.60. The van der Waals surface area contributed by atoms with Crippen molar-refractivity contribution in [2.45, 2.75) is 12.5 Å². The molecule has 1 rings (SSSR count). The maximum atomic E-state index is 11.2. The molecule has 1 saturated heterocycles. The Morgan fingerprint density at radius 1 is 1.67 bits per heavy atom. The topological polar surface area (TPSA) is 55.6 Å². The molecule has 1 aliphatic rings. The van der Waals surface area contributed by atoms with Crippen LogP contribution in [0.1, 0.15) is 6.42 Å². The normalized spacial score (nSPS) is 31.6. The van der Waals surface area contributed by atoms with Crippen molar-refractivity contribution in [1.82, 2.24) is 4.90 Å². The Hall–Kier alpha value is -0.610. The third-order valence-corrected chi connectivity index (χ3v) is 2.37. The van der Waals surface area contributed by atoms with Gasteiger partial charge in [-0.05, 0) is 20.0 Å². The van der Waals surface area contributed by atoms with Crippen LogP contribution >= 0.6 is 0 Å². The van der Waals surface area contributed by atoms with Gasteiger partial charge in [0.25, 0.3) is 0 Å². The summed E-state index contributed by atoms with van der Waals surface area (Å²) in [6.07, 6.45) is 0.810. The van der Waals surface area contributed by atoms with E-state index in [2.05, 4.69) is 9.64 Å². The van der Waals surface area contributed by atoms with Crippen LogP contribution in [0.15, 0.2) is 0 Å². The summed E-state index contributed by atoms with van der Waals surface area (Å²) in [4.78, 5) is 13.3. The van der Waals surface area contributed by atoms with Gasteiger partial charge in [0.05, 0.1) is 13.0 Å². The number of rotatable bonds is 1. The third-order valence-electron chi connectivity index (χ3n) is 2.37. The Bertz CT molecular complexity index is 172.